The first-order valence-electron chi connectivity index (χ1n) is 6.31. The number of ketones is 1. The highest BCUT2D eigenvalue weighted by molar-refractivity contribution is 5.77. The fraction of sp³-hybridized carbons (Fsp3) is 0.846. The Kier molecular flexibility index (Phi) is 4.37. The van der Waals surface area contributed by atoms with Crippen LogP contribution in [0.5, 0.6) is 0 Å². The summed E-state index contributed by atoms with van der Waals surface area (Å²) < 4.78 is 5.27. The Balaban J connectivity index is 2.63. The zero-order valence-electron chi connectivity index (χ0n) is 11.7. The summed E-state index contributed by atoms with van der Waals surface area (Å²) in [5, 5.41) is 10.3. The molecular formula is C13H23NO4. The molecule has 1 amide bonds. The molecule has 1 fully saturated rings. The third-order valence-corrected chi connectivity index (χ3v) is 2.79. The molecule has 1 atom stereocenters. The Bertz CT molecular complexity index is 334. The number of rotatable bonds is 2. The largest absolute Gasteiger partial charge is 0.444 e. The molecule has 1 unspecified atom stereocenters. The van der Waals surface area contributed by atoms with Crippen molar-refractivity contribution in [2.45, 2.75) is 58.2 Å². The average molecular weight is 257 g/mol. The van der Waals surface area contributed by atoms with Crippen molar-refractivity contribution in [1.82, 2.24) is 4.90 Å². The van der Waals surface area contributed by atoms with Gasteiger partial charge >= 0.3 is 6.09 Å². The molecule has 0 bridgehead atoms. The molecule has 0 aromatic heterocycles. The van der Waals surface area contributed by atoms with Gasteiger partial charge in [-0.2, -0.15) is 0 Å². The van der Waals surface area contributed by atoms with Crippen molar-refractivity contribution in [3.05, 3.63) is 0 Å². The molecule has 1 aliphatic heterocycles. The van der Waals surface area contributed by atoms with E-state index in [1.54, 1.807) is 20.8 Å². The molecule has 1 saturated heterocycles. The maximum Gasteiger partial charge on any atom is 0.410 e. The summed E-state index contributed by atoms with van der Waals surface area (Å²) in [6.07, 6.45) is 0.894. The molecule has 1 aliphatic rings. The summed E-state index contributed by atoms with van der Waals surface area (Å²) in [5.74, 6) is -0.0662. The summed E-state index contributed by atoms with van der Waals surface area (Å²) in [7, 11) is 0. The van der Waals surface area contributed by atoms with Crippen LogP contribution in [0.3, 0.4) is 0 Å². The summed E-state index contributed by atoms with van der Waals surface area (Å²) in [4.78, 5) is 24.5. The van der Waals surface area contributed by atoms with E-state index in [-0.39, 0.29) is 18.7 Å². The monoisotopic (exact) mass is 257 g/mol. The molecular weight excluding hydrogens is 234 g/mol. The molecule has 0 saturated carbocycles. The number of carbonyl (C=O) groups excluding carboxylic acids is 2. The highest BCUT2D eigenvalue weighted by atomic mass is 16.6. The second-order valence-corrected chi connectivity index (χ2v) is 6.11. The van der Waals surface area contributed by atoms with Gasteiger partial charge in [-0.05, 0) is 40.5 Å². The van der Waals surface area contributed by atoms with Crippen LogP contribution in [0.4, 0.5) is 4.79 Å². The molecule has 104 valence electrons. The number of aliphatic hydroxyl groups is 1. The molecule has 1 heterocycles. The predicted octanol–water partition coefficient (Wildman–Crippen LogP) is 1.73. The van der Waals surface area contributed by atoms with Gasteiger partial charge in [-0.3, -0.25) is 4.79 Å². The topological polar surface area (TPSA) is 66.8 Å². The normalized spacial score (nSPS) is 24.8. The van der Waals surface area contributed by atoms with Crippen molar-refractivity contribution in [2.24, 2.45) is 0 Å². The maximum absolute atomic E-state index is 11.9. The van der Waals surface area contributed by atoms with Crippen molar-refractivity contribution in [3.63, 3.8) is 0 Å². The average Bonchev–Trinajstić information content (AvgIpc) is 2.12. The Morgan fingerprint density at radius 3 is 2.50 bits per heavy atom. The van der Waals surface area contributed by atoms with Crippen LogP contribution in [0.1, 0.15) is 47.0 Å². The number of β-amino-alcohol motifs (C(OH)–C–C–N with tert-alkyl or cyclic N) is 1. The SMILES string of the molecule is CC(=O)CC1(O)CCCN(C(=O)OC(C)(C)C)C1. The highest BCUT2D eigenvalue weighted by Gasteiger charge is 2.37. The van der Waals surface area contributed by atoms with Crippen LogP contribution < -0.4 is 0 Å². The fourth-order valence-corrected chi connectivity index (χ4v) is 2.20. The number of likely N-dealkylation sites (tertiary alicyclic amines) is 1. The Morgan fingerprint density at radius 1 is 1.39 bits per heavy atom. The molecule has 18 heavy (non-hydrogen) atoms. The smallest absolute Gasteiger partial charge is 0.410 e. The van der Waals surface area contributed by atoms with E-state index in [4.69, 9.17) is 4.74 Å². The van der Waals surface area contributed by atoms with Crippen molar-refractivity contribution < 1.29 is 19.4 Å². The van der Waals surface area contributed by atoms with Gasteiger partial charge in [0.25, 0.3) is 0 Å². The lowest BCUT2D eigenvalue weighted by molar-refractivity contribution is -0.124. The number of nitrogens with zero attached hydrogens (tertiary/aromatic N) is 1. The van der Waals surface area contributed by atoms with Gasteiger partial charge in [-0.25, -0.2) is 4.79 Å². The first-order valence-corrected chi connectivity index (χ1v) is 6.31. The zero-order chi connectivity index (χ0) is 14.0. The molecule has 5 nitrogen and oxygen atoms in total. The first-order chi connectivity index (χ1) is 8.11. The van der Waals surface area contributed by atoms with Gasteiger partial charge in [-0.15, -0.1) is 0 Å². The van der Waals surface area contributed by atoms with Crippen molar-refractivity contribution in [3.8, 4) is 0 Å². The van der Waals surface area contributed by atoms with E-state index in [0.717, 1.165) is 0 Å². The lowest BCUT2D eigenvalue weighted by Crippen LogP contribution is -2.52. The van der Waals surface area contributed by atoms with Gasteiger partial charge in [0.15, 0.2) is 0 Å². The van der Waals surface area contributed by atoms with Crippen LogP contribution in [-0.2, 0) is 9.53 Å². The third kappa shape index (κ3) is 4.64. The quantitative estimate of drug-likeness (QED) is 0.818. The lowest BCUT2D eigenvalue weighted by Gasteiger charge is -2.39. The Labute approximate surface area is 108 Å². The second-order valence-electron chi connectivity index (χ2n) is 6.11. The van der Waals surface area contributed by atoms with E-state index in [9.17, 15) is 14.7 Å². The Morgan fingerprint density at radius 2 is 2.00 bits per heavy atom. The van der Waals surface area contributed by atoms with Gasteiger partial charge in [0.2, 0.25) is 0 Å². The number of ether oxygens (including phenoxy) is 1. The molecule has 0 aromatic carbocycles. The summed E-state index contributed by atoms with van der Waals surface area (Å²) in [5.41, 5.74) is -1.64. The second kappa shape index (κ2) is 5.26. The molecule has 0 aromatic rings. The molecule has 0 aliphatic carbocycles. The predicted molar refractivity (Wildman–Crippen MR) is 67.3 cm³/mol. The van der Waals surface area contributed by atoms with E-state index in [1.807, 2.05) is 0 Å². The standard InChI is InChI=1S/C13H23NO4/c1-10(15)8-13(17)6-5-7-14(9-13)11(16)18-12(2,3)4/h17H,5-9H2,1-4H3. The third-order valence-electron chi connectivity index (χ3n) is 2.79. The molecule has 0 radical (unpaired) electrons. The maximum atomic E-state index is 11.9. The minimum absolute atomic E-state index is 0.0662. The molecule has 1 N–H and O–H groups in total. The van der Waals surface area contributed by atoms with Gasteiger partial charge in [0, 0.05) is 13.0 Å². The van der Waals surface area contributed by atoms with Crippen LogP contribution in [0.25, 0.3) is 0 Å². The Hall–Kier alpha value is -1.10. The highest BCUT2D eigenvalue weighted by Crippen LogP contribution is 2.26. The zero-order valence-corrected chi connectivity index (χ0v) is 11.7. The van der Waals surface area contributed by atoms with Crippen molar-refractivity contribution >= 4 is 11.9 Å². The number of hydrogen-bond acceptors (Lipinski definition) is 4. The van der Waals surface area contributed by atoms with Gasteiger partial charge in [0.05, 0.1) is 12.1 Å². The number of piperidine rings is 1. The van der Waals surface area contributed by atoms with Crippen LogP contribution in [0, 0.1) is 0 Å². The lowest BCUT2D eigenvalue weighted by atomic mass is 9.88. The van der Waals surface area contributed by atoms with E-state index in [1.165, 1.54) is 11.8 Å². The van der Waals surface area contributed by atoms with Crippen LogP contribution in [0.15, 0.2) is 0 Å². The molecule has 0 spiro atoms. The van der Waals surface area contributed by atoms with E-state index >= 15 is 0 Å². The van der Waals surface area contributed by atoms with Gasteiger partial charge in [0.1, 0.15) is 11.4 Å². The summed E-state index contributed by atoms with van der Waals surface area (Å²) in [6.45, 7) is 7.59. The minimum atomic E-state index is -1.10. The minimum Gasteiger partial charge on any atom is -0.444 e. The van der Waals surface area contributed by atoms with Gasteiger partial charge in [-0.1, -0.05) is 0 Å². The van der Waals surface area contributed by atoms with Crippen molar-refractivity contribution in [2.75, 3.05) is 13.1 Å². The van der Waals surface area contributed by atoms with Crippen LogP contribution >= 0.6 is 0 Å². The number of hydrogen-bond donors (Lipinski definition) is 1. The van der Waals surface area contributed by atoms with Crippen LogP contribution in [0.2, 0.25) is 0 Å². The fourth-order valence-electron chi connectivity index (χ4n) is 2.20. The number of Topliss-reactive ketones (excluding diaryl/α,β-unsaturated/α-hetero) is 1. The van der Waals surface area contributed by atoms with Crippen molar-refractivity contribution in [1.29, 1.82) is 0 Å². The van der Waals surface area contributed by atoms with E-state index < -0.39 is 17.3 Å². The molecule has 5 heteroatoms. The van der Waals surface area contributed by atoms with Gasteiger partial charge < -0.3 is 14.7 Å². The number of amides is 1. The van der Waals surface area contributed by atoms with E-state index in [2.05, 4.69) is 0 Å². The van der Waals surface area contributed by atoms with Crippen LogP contribution in [-0.4, -0.2) is 46.2 Å². The molecule has 1 rings (SSSR count). The summed E-state index contributed by atoms with van der Waals surface area (Å²) >= 11 is 0. The van der Waals surface area contributed by atoms with E-state index in [0.29, 0.717) is 19.4 Å². The first kappa shape index (κ1) is 15.0. The number of carbonyl (C=O) groups is 2. The summed E-state index contributed by atoms with van der Waals surface area (Å²) in [6, 6.07) is 0.